The third-order valence-electron chi connectivity index (χ3n) is 4.35. The van der Waals surface area contributed by atoms with Gasteiger partial charge in [0.25, 0.3) is 5.91 Å². The third kappa shape index (κ3) is 3.08. The van der Waals surface area contributed by atoms with Crippen molar-refractivity contribution in [3.63, 3.8) is 0 Å². The van der Waals surface area contributed by atoms with Crippen LogP contribution in [-0.4, -0.2) is 30.5 Å². The molecule has 1 aromatic heterocycles. The van der Waals surface area contributed by atoms with Crippen LogP contribution < -0.4 is 10.6 Å². The van der Waals surface area contributed by atoms with E-state index in [0.717, 1.165) is 36.9 Å². The molecule has 22 heavy (non-hydrogen) atoms. The van der Waals surface area contributed by atoms with Crippen molar-refractivity contribution in [3.8, 4) is 0 Å². The van der Waals surface area contributed by atoms with Gasteiger partial charge in [0.05, 0.1) is 11.1 Å². The lowest BCUT2D eigenvalue weighted by atomic mass is 9.98. The molecule has 0 atom stereocenters. The molecule has 0 radical (unpaired) electrons. The molecule has 3 rings (SSSR count). The maximum Gasteiger partial charge on any atom is 0.253 e. The van der Waals surface area contributed by atoms with E-state index in [-0.39, 0.29) is 5.91 Å². The van der Waals surface area contributed by atoms with Crippen molar-refractivity contribution in [2.45, 2.75) is 19.8 Å². The summed E-state index contributed by atoms with van der Waals surface area (Å²) >= 11 is 6.27. The fourth-order valence-corrected chi connectivity index (χ4v) is 3.16. The molecular weight excluding hydrogens is 298 g/mol. The zero-order chi connectivity index (χ0) is 15.5. The van der Waals surface area contributed by atoms with Crippen LogP contribution in [0.15, 0.2) is 24.4 Å². The van der Waals surface area contributed by atoms with Crippen molar-refractivity contribution in [1.82, 2.24) is 15.6 Å². The number of amides is 1. The summed E-state index contributed by atoms with van der Waals surface area (Å²) in [6.45, 7) is 4.71. The SMILES string of the molecule is Cc1c(Cl)cc(C(=O)NCC2CCNCC2)c2ncccc12. The Kier molecular flexibility index (Phi) is 4.60. The van der Waals surface area contributed by atoms with Gasteiger partial charge in [0.2, 0.25) is 0 Å². The maximum atomic E-state index is 12.5. The monoisotopic (exact) mass is 317 g/mol. The van der Waals surface area contributed by atoms with E-state index in [9.17, 15) is 4.79 Å². The van der Waals surface area contributed by atoms with E-state index in [2.05, 4.69) is 15.6 Å². The predicted octanol–water partition coefficient (Wildman–Crippen LogP) is 2.93. The highest BCUT2D eigenvalue weighted by molar-refractivity contribution is 6.33. The molecular formula is C17H20ClN3O. The predicted molar refractivity (Wildman–Crippen MR) is 89.4 cm³/mol. The minimum atomic E-state index is -0.0934. The van der Waals surface area contributed by atoms with Crippen LogP contribution in [0.25, 0.3) is 10.9 Å². The highest BCUT2D eigenvalue weighted by atomic mass is 35.5. The number of hydrogen-bond acceptors (Lipinski definition) is 3. The molecule has 2 N–H and O–H groups in total. The molecule has 0 spiro atoms. The molecule has 0 bridgehead atoms. The summed E-state index contributed by atoms with van der Waals surface area (Å²) < 4.78 is 0. The van der Waals surface area contributed by atoms with Gasteiger partial charge in [0.1, 0.15) is 0 Å². The Labute approximate surface area is 135 Å². The molecule has 1 amide bonds. The zero-order valence-corrected chi connectivity index (χ0v) is 13.4. The Morgan fingerprint density at radius 2 is 2.23 bits per heavy atom. The normalized spacial score (nSPS) is 15.9. The van der Waals surface area contributed by atoms with Crippen molar-refractivity contribution in [2.75, 3.05) is 19.6 Å². The first-order valence-electron chi connectivity index (χ1n) is 7.69. The van der Waals surface area contributed by atoms with Crippen LogP contribution in [0.5, 0.6) is 0 Å². The number of nitrogens with one attached hydrogen (secondary N) is 2. The number of pyridine rings is 1. The molecule has 0 unspecified atom stereocenters. The van der Waals surface area contributed by atoms with Gasteiger partial charge in [-0.1, -0.05) is 17.7 Å². The zero-order valence-electron chi connectivity index (χ0n) is 12.7. The number of aryl methyl sites for hydroxylation is 1. The largest absolute Gasteiger partial charge is 0.352 e. The van der Waals surface area contributed by atoms with E-state index in [1.807, 2.05) is 19.1 Å². The van der Waals surface area contributed by atoms with Crippen LogP contribution in [0.4, 0.5) is 0 Å². The summed E-state index contributed by atoms with van der Waals surface area (Å²) in [5, 5.41) is 7.91. The van der Waals surface area contributed by atoms with Crippen molar-refractivity contribution in [3.05, 3.63) is 40.5 Å². The average molecular weight is 318 g/mol. The number of halogens is 1. The first-order valence-corrected chi connectivity index (χ1v) is 8.07. The van der Waals surface area contributed by atoms with Crippen molar-refractivity contribution in [2.24, 2.45) is 5.92 Å². The van der Waals surface area contributed by atoms with Crippen LogP contribution >= 0.6 is 11.6 Å². The van der Waals surface area contributed by atoms with Gasteiger partial charge in [-0.25, -0.2) is 0 Å². The fourth-order valence-electron chi connectivity index (χ4n) is 2.95. The van der Waals surface area contributed by atoms with Gasteiger partial charge in [-0.2, -0.15) is 0 Å². The number of carbonyl (C=O) groups excluding carboxylic acids is 1. The molecule has 4 nitrogen and oxygen atoms in total. The minimum absolute atomic E-state index is 0.0934. The van der Waals surface area contributed by atoms with E-state index in [1.165, 1.54) is 0 Å². The van der Waals surface area contributed by atoms with Gasteiger partial charge in [-0.3, -0.25) is 9.78 Å². The molecule has 1 aliphatic heterocycles. The Morgan fingerprint density at radius 3 is 3.00 bits per heavy atom. The van der Waals surface area contributed by atoms with E-state index in [0.29, 0.717) is 28.6 Å². The van der Waals surface area contributed by atoms with Gasteiger partial charge >= 0.3 is 0 Å². The Morgan fingerprint density at radius 1 is 1.45 bits per heavy atom. The summed E-state index contributed by atoms with van der Waals surface area (Å²) in [4.78, 5) is 16.9. The van der Waals surface area contributed by atoms with Crippen molar-refractivity contribution >= 4 is 28.4 Å². The number of benzene rings is 1. The number of piperidine rings is 1. The summed E-state index contributed by atoms with van der Waals surface area (Å²) in [6.07, 6.45) is 3.92. The first-order chi connectivity index (χ1) is 10.7. The molecule has 1 fully saturated rings. The van der Waals surface area contributed by atoms with E-state index < -0.39 is 0 Å². The van der Waals surface area contributed by atoms with Crippen LogP contribution in [0.1, 0.15) is 28.8 Å². The second-order valence-electron chi connectivity index (χ2n) is 5.83. The number of hydrogen-bond donors (Lipinski definition) is 2. The van der Waals surface area contributed by atoms with E-state index in [4.69, 9.17) is 11.6 Å². The second-order valence-corrected chi connectivity index (χ2v) is 6.24. The molecule has 0 aliphatic carbocycles. The maximum absolute atomic E-state index is 12.5. The topological polar surface area (TPSA) is 54.0 Å². The summed E-state index contributed by atoms with van der Waals surface area (Å²) in [5.74, 6) is 0.453. The summed E-state index contributed by atoms with van der Waals surface area (Å²) in [7, 11) is 0. The minimum Gasteiger partial charge on any atom is -0.352 e. The fraction of sp³-hybridized carbons (Fsp3) is 0.412. The van der Waals surface area contributed by atoms with Gasteiger partial charge < -0.3 is 10.6 Å². The number of carbonyl (C=O) groups is 1. The second kappa shape index (κ2) is 6.63. The lowest BCUT2D eigenvalue weighted by molar-refractivity contribution is 0.0945. The highest BCUT2D eigenvalue weighted by Crippen LogP contribution is 2.27. The summed E-state index contributed by atoms with van der Waals surface area (Å²) in [6, 6.07) is 5.54. The molecule has 0 saturated carbocycles. The Balaban J connectivity index is 1.83. The first kappa shape index (κ1) is 15.3. The van der Waals surface area contributed by atoms with E-state index >= 15 is 0 Å². The number of fused-ring (bicyclic) bond motifs is 1. The van der Waals surface area contributed by atoms with Crippen LogP contribution in [0, 0.1) is 12.8 Å². The molecule has 116 valence electrons. The third-order valence-corrected chi connectivity index (χ3v) is 4.74. The van der Waals surface area contributed by atoms with Crippen LogP contribution in [0.2, 0.25) is 5.02 Å². The molecule has 2 aromatic rings. The highest BCUT2D eigenvalue weighted by Gasteiger charge is 2.18. The summed E-state index contributed by atoms with van der Waals surface area (Å²) in [5.41, 5.74) is 2.23. The smallest absolute Gasteiger partial charge is 0.253 e. The Hall–Kier alpha value is -1.65. The molecule has 1 aliphatic rings. The van der Waals surface area contributed by atoms with Gasteiger partial charge in [0, 0.05) is 23.2 Å². The van der Waals surface area contributed by atoms with Crippen molar-refractivity contribution in [1.29, 1.82) is 0 Å². The lowest BCUT2D eigenvalue weighted by Crippen LogP contribution is -2.36. The molecule has 1 saturated heterocycles. The average Bonchev–Trinajstić information content (AvgIpc) is 2.57. The van der Waals surface area contributed by atoms with Crippen LogP contribution in [-0.2, 0) is 0 Å². The molecule has 5 heteroatoms. The van der Waals surface area contributed by atoms with Crippen molar-refractivity contribution < 1.29 is 4.79 Å². The molecule has 1 aromatic carbocycles. The van der Waals surface area contributed by atoms with Gasteiger partial charge in [0.15, 0.2) is 0 Å². The lowest BCUT2D eigenvalue weighted by Gasteiger charge is -2.22. The van der Waals surface area contributed by atoms with E-state index in [1.54, 1.807) is 12.3 Å². The number of rotatable bonds is 3. The Bertz CT molecular complexity index is 696. The number of nitrogens with zero attached hydrogens (tertiary/aromatic N) is 1. The molecule has 2 heterocycles. The van der Waals surface area contributed by atoms with Gasteiger partial charge in [-0.05, 0) is 56.5 Å². The van der Waals surface area contributed by atoms with Crippen LogP contribution in [0.3, 0.4) is 0 Å². The van der Waals surface area contributed by atoms with Gasteiger partial charge in [-0.15, -0.1) is 0 Å². The standard InChI is InChI=1S/C17H20ClN3O/c1-11-13-3-2-6-20-16(13)14(9-15(11)18)17(22)21-10-12-4-7-19-8-5-12/h2-3,6,9,12,19H,4-5,7-8,10H2,1H3,(H,21,22). The number of aromatic nitrogens is 1. The quantitative estimate of drug-likeness (QED) is 0.915.